The van der Waals surface area contributed by atoms with Crippen molar-refractivity contribution in [3.05, 3.63) is 53.9 Å². The summed E-state index contributed by atoms with van der Waals surface area (Å²) >= 11 is 0. The lowest BCUT2D eigenvalue weighted by atomic mass is 10.2. The van der Waals surface area contributed by atoms with Crippen molar-refractivity contribution in [2.24, 2.45) is 0 Å². The minimum atomic E-state index is -0.322. The number of ether oxygens (including phenoxy) is 1. The maximum absolute atomic E-state index is 11.3. The Morgan fingerprint density at radius 1 is 1.35 bits per heavy atom. The molecule has 0 saturated carbocycles. The highest BCUT2D eigenvalue weighted by Gasteiger charge is 2.12. The van der Waals surface area contributed by atoms with Gasteiger partial charge in [0, 0.05) is 18.3 Å². The molecule has 0 radical (unpaired) electrons. The molecule has 0 bridgehead atoms. The first-order valence-corrected chi connectivity index (χ1v) is 6.55. The van der Waals surface area contributed by atoms with Crippen molar-refractivity contribution in [3.8, 4) is 0 Å². The van der Waals surface area contributed by atoms with Gasteiger partial charge in [-0.25, -0.2) is 0 Å². The van der Waals surface area contributed by atoms with E-state index in [1.807, 2.05) is 29.1 Å². The molecule has 1 N–H and O–H groups in total. The third-order valence-electron chi connectivity index (χ3n) is 3.04. The molecular formula is C15H19N3O2. The molecule has 5 heteroatoms. The van der Waals surface area contributed by atoms with E-state index in [0.29, 0.717) is 6.54 Å². The zero-order valence-electron chi connectivity index (χ0n) is 11.7. The van der Waals surface area contributed by atoms with Crippen LogP contribution in [0.25, 0.3) is 0 Å². The second-order valence-corrected chi connectivity index (χ2v) is 4.66. The lowest BCUT2D eigenvalue weighted by Gasteiger charge is -2.09. The predicted octanol–water partition coefficient (Wildman–Crippen LogP) is 1.58. The first-order chi connectivity index (χ1) is 9.69. The Morgan fingerprint density at radius 2 is 2.10 bits per heavy atom. The maximum Gasteiger partial charge on any atom is 0.322 e. The molecule has 20 heavy (non-hydrogen) atoms. The van der Waals surface area contributed by atoms with E-state index >= 15 is 0 Å². The highest BCUT2D eigenvalue weighted by molar-refractivity contribution is 5.75. The standard InChI is InChI=1S/C15H19N3O2/c1-12(15(19)20-2)16-8-14-9-17-18(11-14)10-13-6-4-3-5-7-13/h3-7,9,11-12,16H,8,10H2,1-2H3/t12-/m1/s1. The fourth-order valence-electron chi connectivity index (χ4n) is 1.89. The first-order valence-electron chi connectivity index (χ1n) is 6.55. The topological polar surface area (TPSA) is 56.1 Å². The summed E-state index contributed by atoms with van der Waals surface area (Å²) in [7, 11) is 1.39. The van der Waals surface area contributed by atoms with Gasteiger partial charge >= 0.3 is 5.97 Å². The Morgan fingerprint density at radius 3 is 2.80 bits per heavy atom. The number of methoxy groups -OCH3 is 1. The van der Waals surface area contributed by atoms with Crippen molar-refractivity contribution in [2.75, 3.05) is 7.11 Å². The summed E-state index contributed by atoms with van der Waals surface area (Å²) in [6.45, 7) is 3.11. The number of carbonyl (C=O) groups excluding carboxylic acids is 1. The highest BCUT2D eigenvalue weighted by Crippen LogP contribution is 2.04. The number of hydrogen-bond donors (Lipinski definition) is 1. The molecule has 0 saturated heterocycles. The first kappa shape index (κ1) is 14.3. The monoisotopic (exact) mass is 273 g/mol. The van der Waals surface area contributed by atoms with Gasteiger partial charge in [-0.15, -0.1) is 0 Å². The molecule has 106 valence electrons. The van der Waals surface area contributed by atoms with Gasteiger partial charge in [0.15, 0.2) is 0 Å². The number of rotatable bonds is 6. The largest absolute Gasteiger partial charge is 0.468 e. The molecule has 1 aromatic carbocycles. The Hall–Kier alpha value is -2.14. The van der Waals surface area contributed by atoms with Gasteiger partial charge in [0.2, 0.25) is 0 Å². The van der Waals surface area contributed by atoms with Gasteiger partial charge in [-0.1, -0.05) is 30.3 Å². The zero-order chi connectivity index (χ0) is 14.4. The number of benzene rings is 1. The number of hydrogen-bond acceptors (Lipinski definition) is 4. The van der Waals surface area contributed by atoms with Crippen LogP contribution in [0.3, 0.4) is 0 Å². The van der Waals surface area contributed by atoms with E-state index in [2.05, 4.69) is 27.3 Å². The third kappa shape index (κ3) is 3.93. The van der Waals surface area contributed by atoms with Crippen LogP contribution in [0.15, 0.2) is 42.7 Å². The van der Waals surface area contributed by atoms with E-state index in [-0.39, 0.29) is 12.0 Å². The maximum atomic E-state index is 11.3. The summed E-state index contributed by atoms with van der Waals surface area (Å²) < 4.78 is 6.55. The van der Waals surface area contributed by atoms with Gasteiger partial charge in [0.1, 0.15) is 6.04 Å². The van der Waals surface area contributed by atoms with Crippen molar-refractivity contribution in [1.29, 1.82) is 0 Å². The number of nitrogens with one attached hydrogen (secondary N) is 1. The molecule has 2 aromatic rings. The molecule has 0 aliphatic heterocycles. The summed E-state index contributed by atoms with van der Waals surface area (Å²) in [5.41, 5.74) is 2.25. The van der Waals surface area contributed by atoms with E-state index in [0.717, 1.165) is 12.1 Å². The summed E-state index contributed by atoms with van der Waals surface area (Å²) in [6.07, 6.45) is 3.78. The van der Waals surface area contributed by atoms with Crippen LogP contribution in [0.5, 0.6) is 0 Å². The van der Waals surface area contributed by atoms with Gasteiger partial charge in [0.05, 0.1) is 19.9 Å². The van der Waals surface area contributed by atoms with E-state index in [4.69, 9.17) is 0 Å². The Kier molecular flexibility index (Phi) is 4.90. The molecule has 2 rings (SSSR count). The number of aromatic nitrogens is 2. The van der Waals surface area contributed by atoms with Crippen LogP contribution in [0.4, 0.5) is 0 Å². The van der Waals surface area contributed by atoms with Crippen LogP contribution >= 0.6 is 0 Å². The second-order valence-electron chi connectivity index (χ2n) is 4.66. The van der Waals surface area contributed by atoms with E-state index < -0.39 is 0 Å². The van der Waals surface area contributed by atoms with Crippen LogP contribution < -0.4 is 5.32 Å². The van der Waals surface area contributed by atoms with Gasteiger partial charge in [-0.05, 0) is 12.5 Å². The fraction of sp³-hybridized carbons (Fsp3) is 0.333. The molecule has 0 aliphatic rings. The molecule has 0 fully saturated rings. The Balaban J connectivity index is 1.88. The summed E-state index contributed by atoms with van der Waals surface area (Å²) in [6, 6.07) is 9.84. The summed E-state index contributed by atoms with van der Waals surface area (Å²) in [5.74, 6) is -0.262. The minimum Gasteiger partial charge on any atom is -0.468 e. The number of esters is 1. The average molecular weight is 273 g/mol. The normalized spacial score (nSPS) is 12.1. The van der Waals surface area contributed by atoms with Crippen LogP contribution in [0, 0.1) is 0 Å². The number of carbonyl (C=O) groups is 1. The predicted molar refractivity (Wildman–Crippen MR) is 76.1 cm³/mol. The summed E-state index contributed by atoms with van der Waals surface area (Å²) in [5, 5.41) is 7.41. The van der Waals surface area contributed by atoms with Crippen LogP contribution in [0.1, 0.15) is 18.1 Å². The van der Waals surface area contributed by atoms with Gasteiger partial charge < -0.3 is 10.1 Å². The smallest absolute Gasteiger partial charge is 0.322 e. The average Bonchev–Trinajstić information content (AvgIpc) is 2.92. The van der Waals surface area contributed by atoms with Crippen molar-refractivity contribution >= 4 is 5.97 Å². The Bertz CT molecular complexity index is 551. The second kappa shape index (κ2) is 6.86. The lowest BCUT2D eigenvalue weighted by molar-refractivity contribution is -0.142. The molecule has 1 aromatic heterocycles. The quantitative estimate of drug-likeness (QED) is 0.812. The number of nitrogens with zero attached hydrogens (tertiary/aromatic N) is 2. The fourth-order valence-corrected chi connectivity index (χ4v) is 1.89. The van der Waals surface area contributed by atoms with Crippen LogP contribution in [0.2, 0.25) is 0 Å². The molecule has 1 heterocycles. The molecule has 0 amide bonds. The molecule has 1 atom stereocenters. The highest BCUT2D eigenvalue weighted by atomic mass is 16.5. The van der Waals surface area contributed by atoms with Crippen molar-refractivity contribution in [2.45, 2.75) is 26.1 Å². The molecule has 0 aliphatic carbocycles. The van der Waals surface area contributed by atoms with Crippen LogP contribution in [-0.2, 0) is 22.6 Å². The Labute approximate surface area is 118 Å². The molecule has 0 spiro atoms. The summed E-state index contributed by atoms with van der Waals surface area (Å²) in [4.78, 5) is 11.3. The van der Waals surface area contributed by atoms with Gasteiger partial charge in [-0.3, -0.25) is 9.48 Å². The van der Waals surface area contributed by atoms with E-state index in [1.165, 1.54) is 12.7 Å². The van der Waals surface area contributed by atoms with Gasteiger partial charge in [-0.2, -0.15) is 5.10 Å². The van der Waals surface area contributed by atoms with Gasteiger partial charge in [0.25, 0.3) is 0 Å². The lowest BCUT2D eigenvalue weighted by Crippen LogP contribution is -2.34. The van der Waals surface area contributed by atoms with Crippen molar-refractivity contribution in [1.82, 2.24) is 15.1 Å². The van der Waals surface area contributed by atoms with Crippen molar-refractivity contribution in [3.63, 3.8) is 0 Å². The molecule has 5 nitrogen and oxygen atoms in total. The SMILES string of the molecule is COC(=O)[C@@H](C)NCc1cnn(Cc2ccccc2)c1. The van der Waals surface area contributed by atoms with E-state index in [1.54, 1.807) is 13.1 Å². The van der Waals surface area contributed by atoms with Crippen LogP contribution in [-0.4, -0.2) is 28.9 Å². The zero-order valence-corrected chi connectivity index (χ0v) is 11.7. The van der Waals surface area contributed by atoms with Crippen molar-refractivity contribution < 1.29 is 9.53 Å². The van der Waals surface area contributed by atoms with E-state index in [9.17, 15) is 4.79 Å². The molecular weight excluding hydrogens is 254 g/mol. The minimum absolute atomic E-state index is 0.262. The molecule has 0 unspecified atom stereocenters. The third-order valence-corrected chi connectivity index (χ3v) is 3.04.